The van der Waals surface area contributed by atoms with Crippen LogP contribution in [-0.4, -0.2) is 38.2 Å². The predicted molar refractivity (Wildman–Crippen MR) is 79.1 cm³/mol. The number of rotatable bonds is 7. The minimum Gasteiger partial charge on any atom is -0.458 e. The van der Waals surface area contributed by atoms with Crippen LogP contribution in [0.25, 0.3) is 0 Å². The fourth-order valence-electron chi connectivity index (χ4n) is 1.86. The van der Waals surface area contributed by atoms with Gasteiger partial charge in [-0.2, -0.15) is 0 Å². The summed E-state index contributed by atoms with van der Waals surface area (Å²) < 4.78 is 13.9. The number of aryl methyl sites for hydroxylation is 1. The third-order valence-corrected chi connectivity index (χ3v) is 3.05. The Bertz CT molecular complexity index is 550. The molecule has 1 aromatic rings. The number of Topliss-reactive ketones (excluding diaryl/α,β-unsaturated/α-hetero) is 1. The molecule has 120 valence electrons. The number of carbonyl (C=O) groups is 3. The van der Waals surface area contributed by atoms with E-state index in [0.29, 0.717) is 24.0 Å². The summed E-state index contributed by atoms with van der Waals surface area (Å²) in [6.07, 6.45) is 0.251. The van der Waals surface area contributed by atoms with Gasteiger partial charge in [0.15, 0.2) is 5.78 Å². The van der Waals surface area contributed by atoms with Crippen molar-refractivity contribution in [2.45, 2.75) is 26.7 Å². The molecule has 0 saturated heterocycles. The lowest BCUT2D eigenvalue weighted by atomic mass is 9.97. The zero-order valence-electron chi connectivity index (χ0n) is 13.0. The lowest BCUT2D eigenvalue weighted by Crippen LogP contribution is -2.14. The Morgan fingerprint density at radius 2 is 1.73 bits per heavy atom. The van der Waals surface area contributed by atoms with E-state index in [1.54, 1.807) is 25.1 Å². The van der Waals surface area contributed by atoms with E-state index in [1.165, 1.54) is 7.11 Å². The Morgan fingerprint density at radius 3 is 2.32 bits per heavy atom. The first-order chi connectivity index (χ1) is 10.5. The van der Waals surface area contributed by atoms with Crippen molar-refractivity contribution in [1.82, 2.24) is 0 Å². The number of ketones is 1. The third-order valence-electron chi connectivity index (χ3n) is 3.05. The zero-order valence-corrected chi connectivity index (χ0v) is 13.0. The van der Waals surface area contributed by atoms with E-state index in [2.05, 4.69) is 9.47 Å². The summed E-state index contributed by atoms with van der Waals surface area (Å²) in [7, 11) is 1.19. The van der Waals surface area contributed by atoms with Crippen LogP contribution in [0.5, 0.6) is 0 Å². The minimum absolute atomic E-state index is 0.0134. The molecule has 1 rings (SSSR count). The summed E-state index contributed by atoms with van der Waals surface area (Å²) in [5.41, 5.74) is 1.75. The molecular formula is C16H20O6. The molecule has 0 radical (unpaired) electrons. The van der Waals surface area contributed by atoms with Gasteiger partial charge in [0.2, 0.25) is 0 Å². The normalized spacial score (nSPS) is 9.95. The van der Waals surface area contributed by atoms with Crippen molar-refractivity contribution in [1.29, 1.82) is 0 Å². The molecule has 0 N–H and O–H groups in total. The van der Waals surface area contributed by atoms with Crippen molar-refractivity contribution in [3.8, 4) is 0 Å². The molecule has 0 atom stereocenters. The van der Waals surface area contributed by atoms with Crippen LogP contribution in [0.4, 0.5) is 4.79 Å². The molecule has 0 aliphatic carbocycles. The summed E-state index contributed by atoms with van der Waals surface area (Å²) in [4.78, 5) is 34.6. The van der Waals surface area contributed by atoms with Crippen molar-refractivity contribution in [2.24, 2.45) is 0 Å². The Morgan fingerprint density at radius 1 is 1.05 bits per heavy atom. The number of hydrogen-bond donors (Lipinski definition) is 0. The predicted octanol–water partition coefficient (Wildman–Crippen LogP) is 2.78. The topological polar surface area (TPSA) is 78.9 Å². The molecule has 22 heavy (non-hydrogen) atoms. The van der Waals surface area contributed by atoms with Crippen LogP contribution in [0.1, 0.15) is 46.5 Å². The van der Waals surface area contributed by atoms with Gasteiger partial charge >= 0.3 is 12.1 Å². The molecule has 0 bridgehead atoms. The lowest BCUT2D eigenvalue weighted by Gasteiger charge is -2.09. The van der Waals surface area contributed by atoms with Gasteiger partial charge in [-0.3, -0.25) is 4.79 Å². The Balaban J connectivity index is 2.69. The quantitative estimate of drug-likeness (QED) is 0.438. The molecule has 0 saturated carbocycles. The fraction of sp³-hybridized carbons (Fsp3) is 0.438. The van der Waals surface area contributed by atoms with Crippen molar-refractivity contribution in [3.05, 3.63) is 34.9 Å². The average Bonchev–Trinajstić information content (AvgIpc) is 2.56. The fourth-order valence-corrected chi connectivity index (χ4v) is 1.86. The van der Waals surface area contributed by atoms with E-state index in [4.69, 9.17) is 4.74 Å². The molecular weight excluding hydrogens is 288 g/mol. The minimum atomic E-state index is -0.834. The molecule has 0 spiro atoms. The van der Waals surface area contributed by atoms with Crippen molar-refractivity contribution in [2.75, 3.05) is 20.3 Å². The van der Waals surface area contributed by atoms with Crippen molar-refractivity contribution < 1.29 is 28.6 Å². The van der Waals surface area contributed by atoms with Gasteiger partial charge < -0.3 is 14.2 Å². The summed E-state index contributed by atoms with van der Waals surface area (Å²) in [6.45, 7) is 3.55. The van der Waals surface area contributed by atoms with Gasteiger partial charge in [0.05, 0.1) is 12.7 Å². The van der Waals surface area contributed by atoms with E-state index >= 15 is 0 Å². The summed E-state index contributed by atoms with van der Waals surface area (Å²) in [6, 6.07) is 4.92. The van der Waals surface area contributed by atoms with Gasteiger partial charge in [-0.1, -0.05) is 19.9 Å². The standard InChI is InChI=1S/C16H20O6/c1-4-11-6-7-12(10-13(11)14(17)5-2)15(18)21-8-9-22-16(19)20-3/h6-7,10H,4-5,8-9H2,1-3H3. The van der Waals surface area contributed by atoms with E-state index in [-0.39, 0.29) is 19.0 Å². The highest BCUT2D eigenvalue weighted by Gasteiger charge is 2.14. The molecule has 0 amide bonds. The molecule has 6 heteroatoms. The number of hydrogen-bond acceptors (Lipinski definition) is 6. The van der Waals surface area contributed by atoms with Crippen molar-refractivity contribution in [3.63, 3.8) is 0 Å². The number of ether oxygens (including phenoxy) is 3. The SMILES string of the molecule is CCC(=O)c1cc(C(=O)OCCOC(=O)OC)ccc1CC. The maximum atomic E-state index is 11.9. The number of benzene rings is 1. The van der Waals surface area contributed by atoms with E-state index in [1.807, 2.05) is 6.92 Å². The number of methoxy groups -OCH3 is 1. The highest BCUT2D eigenvalue weighted by Crippen LogP contribution is 2.16. The summed E-state index contributed by atoms with van der Waals surface area (Å²) in [5, 5.41) is 0. The molecule has 0 fully saturated rings. The molecule has 0 aliphatic heterocycles. The molecule has 0 aliphatic rings. The van der Waals surface area contributed by atoms with Crippen LogP contribution in [0.3, 0.4) is 0 Å². The van der Waals surface area contributed by atoms with Gasteiger partial charge in [0.1, 0.15) is 13.2 Å². The second kappa shape index (κ2) is 8.81. The molecule has 0 aromatic heterocycles. The maximum absolute atomic E-state index is 11.9. The maximum Gasteiger partial charge on any atom is 0.508 e. The molecule has 0 unspecified atom stereocenters. The summed E-state index contributed by atoms with van der Waals surface area (Å²) in [5.74, 6) is -0.582. The summed E-state index contributed by atoms with van der Waals surface area (Å²) >= 11 is 0. The monoisotopic (exact) mass is 308 g/mol. The average molecular weight is 308 g/mol. The number of carbonyl (C=O) groups excluding carboxylic acids is 3. The van der Waals surface area contributed by atoms with Crippen LogP contribution in [0, 0.1) is 0 Å². The van der Waals surface area contributed by atoms with E-state index in [0.717, 1.165) is 5.56 Å². The van der Waals surface area contributed by atoms with Gasteiger partial charge in [0.25, 0.3) is 0 Å². The second-order valence-electron chi connectivity index (χ2n) is 4.44. The number of esters is 1. The van der Waals surface area contributed by atoms with Crippen LogP contribution in [-0.2, 0) is 20.6 Å². The highest BCUT2D eigenvalue weighted by atomic mass is 16.7. The largest absolute Gasteiger partial charge is 0.508 e. The Labute approximate surface area is 129 Å². The first-order valence-corrected chi connectivity index (χ1v) is 7.07. The van der Waals surface area contributed by atoms with E-state index < -0.39 is 12.1 Å². The van der Waals surface area contributed by atoms with Crippen LogP contribution in [0.15, 0.2) is 18.2 Å². The second-order valence-corrected chi connectivity index (χ2v) is 4.44. The van der Waals surface area contributed by atoms with Gasteiger partial charge in [-0.25, -0.2) is 9.59 Å². The van der Waals surface area contributed by atoms with Gasteiger partial charge in [0, 0.05) is 12.0 Å². The van der Waals surface area contributed by atoms with Crippen LogP contribution in [0.2, 0.25) is 0 Å². The van der Waals surface area contributed by atoms with Crippen molar-refractivity contribution >= 4 is 17.9 Å². The highest BCUT2D eigenvalue weighted by molar-refractivity contribution is 6.00. The molecule has 1 aromatic carbocycles. The third kappa shape index (κ3) is 4.87. The lowest BCUT2D eigenvalue weighted by molar-refractivity contribution is 0.0287. The molecule has 0 heterocycles. The Hall–Kier alpha value is -2.37. The van der Waals surface area contributed by atoms with E-state index in [9.17, 15) is 14.4 Å². The van der Waals surface area contributed by atoms with Gasteiger partial charge in [-0.05, 0) is 24.1 Å². The first kappa shape index (κ1) is 17.7. The van der Waals surface area contributed by atoms with Crippen LogP contribution < -0.4 is 0 Å². The van der Waals surface area contributed by atoms with Crippen LogP contribution >= 0.6 is 0 Å². The smallest absolute Gasteiger partial charge is 0.458 e. The van der Waals surface area contributed by atoms with Gasteiger partial charge in [-0.15, -0.1) is 0 Å². The first-order valence-electron chi connectivity index (χ1n) is 7.07. The zero-order chi connectivity index (χ0) is 16.5. The Kier molecular flexibility index (Phi) is 7.08. The molecule has 6 nitrogen and oxygen atoms in total.